The molecule has 0 amide bonds. The molecule has 2 fully saturated rings. The number of nitrogens with zero attached hydrogens (tertiary/aromatic N) is 1. The molecule has 0 bridgehead atoms. The third kappa shape index (κ3) is 1.80. The fourth-order valence-corrected chi connectivity index (χ4v) is 2.65. The van der Waals surface area contributed by atoms with Gasteiger partial charge in [-0.05, 0) is 25.8 Å². The zero-order valence-corrected chi connectivity index (χ0v) is 8.61. The van der Waals surface area contributed by atoms with Crippen LogP contribution in [0.2, 0.25) is 0 Å². The number of aliphatic hydroxyl groups excluding tert-OH is 1. The van der Waals surface area contributed by atoms with Crippen molar-refractivity contribution in [3.8, 4) is 0 Å². The smallest absolute Gasteiger partial charge is 0.0789 e. The highest BCUT2D eigenvalue weighted by atomic mass is 16.5. The molecule has 0 aliphatic carbocycles. The Morgan fingerprint density at radius 3 is 3.00 bits per heavy atom. The van der Waals surface area contributed by atoms with E-state index in [1.54, 1.807) is 0 Å². The van der Waals surface area contributed by atoms with Crippen molar-refractivity contribution in [2.45, 2.75) is 30.9 Å². The summed E-state index contributed by atoms with van der Waals surface area (Å²) >= 11 is 0. The van der Waals surface area contributed by atoms with Crippen LogP contribution in [-0.2, 0) is 4.74 Å². The van der Waals surface area contributed by atoms with Crippen LogP contribution < -0.4 is 5.73 Å². The first-order valence-corrected chi connectivity index (χ1v) is 5.48. The van der Waals surface area contributed by atoms with Gasteiger partial charge < -0.3 is 15.6 Å². The van der Waals surface area contributed by atoms with Crippen molar-refractivity contribution >= 4 is 0 Å². The zero-order valence-electron chi connectivity index (χ0n) is 8.61. The molecule has 4 heteroatoms. The number of hydrogen-bond donors (Lipinski definition) is 2. The Kier molecular flexibility index (Phi) is 3.07. The van der Waals surface area contributed by atoms with Crippen LogP contribution >= 0.6 is 0 Å². The summed E-state index contributed by atoms with van der Waals surface area (Å²) in [5, 5.41) is 9.55. The van der Waals surface area contributed by atoms with E-state index in [1.807, 2.05) is 0 Å². The molecule has 2 aliphatic rings. The van der Waals surface area contributed by atoms with Gasteiger partial charge in [-0.1, -0.05) is 0 Å². The van der Waals surface area contributed by atoms with Crippen LogP contribution in [0, 0.1) is 0 Å². The molecule has 1 unspecified atom stereocenters. The molecule has 0 saturated carbocycles. The van der Waals surface area contributed by atoms with E-state index in [4.69, 9.17) is 10.5 Å². The van der Waals surface area contributed by atoms with Gasteiger partial charge in [-0.3, -0.25) is 4.90 Å². The summed E-state index contributed by atoms with van der Waals surface area (Å²) in [5.74, 6) is 0. The predicted molar refractivity (Wildman–Crippen MR) is 54.0 cm³/mol. The van der Waals surface area contributed by atoms with Crippen LogP contribution in [0.3, 0.4) is 0 Å². The molecular weight excluding hydrogens is 180 g/mol. The highest BCUT2D eigenvalue weighted by Crippen LogP contribution is 2.36. The Morgan fingerprint density at radius 2 is 2.36 bits per heavy atom. The SMILES string of the molecule is NC[C@@H](O)CN1CCCC12CCOC2. The Hall–Kier alpha value is -0.160. The summed E-state index contributed by atoms with van der Waals surface area (Å²) < 4.78 is 5.47. The van der Waals surface area contributed by atoms with Crippen LogP contribution in [0.5, 0.6) is 0 Å². The van der Waals surface area contributed by atoms with Gasteiger partial charge in [0.1, 0.15) is 0 Å². The molecule has 0 aromatic rings. The maximum atomic E-state index is 9.55. The van der Waals surface area contributed by atoms with Crippen molar-refractivity contribution in [1.29, 1.82) is 0 Å². The minimum Gasteiger partial charge on any atom is -0.390 e. The monoisotopic (exact) mass is 200 g/mol. The largest absolute Gasteiger partial charge is 0.390 e. The predicted octanol–water partition coefficient (Wildman–Crippen LogP) is -0.439. The maximum absolute atomic E-state index is 9.55. The Morgan fingerprint density at radius 1 is 1.50 bits per heavy atom. The highest BCUT2D eigenvalue weighted by Gasteiger charge is 2.44. The summed E-state index contributed by atoms with van der Waals surface area (Å²) in [7, 11) is 0. The first kappa shape index (κ1) is 10.4. The average Bonchev–Trinajstić information content (AvgIpc) is 2.79. The van der Waals surface area contributed by atoms with E-state index in [1.165, 1.54) is 12.8 Å². The molecule has 2 aliphatic heterocycles. The molecule has 2 atom stereocenters. The first-order chi connectivity index (χ1) is 6.77. The van der Waals surface area contributed by atoms with E-state index in [9.17, 15) is 5.11 Å². The lowest BCUT2D eigenvalue weighted by Gasteiger charge is -2.34. The van der Waals surface area contributed by atoms with Gasteiger partial charge in [0, 0.05) is 25.2 Å². The summed E-state index contributed by atoms with van der Waals surface area (Å²) in [6, 6.07) is 0. The molecular formula is C10H20N2O2. The average molecular weight is 200 g/mol. The molecule has 3 N–H and O–H groups in total. The van der Waals surface area contributed by atoms with E-state index in [0.29, 0.717) is 13.1 Å². The molecule has 0 aromatic heterocycles. The number of ether oxygens (including phenoxy) is 1. The fraction of sp³-hybridized carbons (Fsp3) is 1.00. The molecule has 0 aromatic carbocycles. The van der Waals surface area contributed by atoms with Crippen molar-refractivity contribution < 1.29 is 9.84 Å². The van der Waals surface area contributed by atoms with Crippen LogP contribution in [0.4, 0.5) is 0 Å². The minimum absolute atomic E-state index is 0.232. The van der Waals surface area contributed by atoms with E-state index in [2.05, 4.69) is 4.90 Å². The first-order valence-electron chi connectivity index (χ1n) is 5.48. The number of nitrogens with two attached hydrogens (primary N) is 1. The van der Waals surface area contributed by atoms with Crippen LogP contribution in [0.1, 0.15) is 19.3 Å². The third-order valence-corrected chi connectivity index (χ3v) is 3.53. The second-order valence-electron chi connectivity index (χ2n) is 4.47. The van der Waals surface area contributed by atoms with Crippen LogP contribution in [0.25, 0.3) is 0 Å². The van der Waals surface area contributed by atoms with Crippen molar-refractivity contribution in [2.24, 2.45) is 5.73 Å². The zero-order chi connectivity index (χ0) is 10.0. The lowest BCUT2D eigenvalue weighted by atomic mass is 9.95. The Bertz CT molecular complexity index is 187. The van der Waals surface area contributed by atoms with E-state index in [-0.39, 0.29) is 11.6 Å². The summed E-state index contributed by atoms with van der Waals surface area (Å²) in [6.45, 7) is 3.85. The molecule has 4 nitrogen and oxygen atoms in total. The van der Waals surface area contributed by atoms with Crippen LogP contribution in [-0.4, -0.2) is 54.5 Å². The molecule has 2 rings (SSSR count). The molecule has 82 valence electrons. The molecule has 14 heavy (non-hydrogen) atoms. The van der Waals surface area contributed by atoms with Gasteiger partial charge in [0.2, 0.25) is 0 Å². The van der Waals surface area contributed by atoms with Gasteiger partial charge in [-0.25, -0.2) is 0 Å². The third-order valence-electron chi connectivity index (χ3n) is 3.53. The van der Waals surface area contributed by atoms with Crippen molar-refractivity contribution in [3.63, 3.8) is 0 Å². The Labute approximate surface area is 85.0 Å². The number of β-amino-alcohol motifs (C(OH)–C–C–N with tert-alkyl or cyclic N) is 1. The van der Waals surface area contributed by atoms with E-state index in [0.717, 1.165) is 26.2 Å². The molecule has 0 radical (unpaired) electrons. The van der Waals surface area contributed by atoms with Gasteiger partial charge in [0.25, 0.3) is 0 Å². The molecule has 1 spiro atoms. The van der Waals surface area contributed by atoms with Crippen LogP contribution in [0.15, 0.2) is 0 Å². The number of aliphatic hydroxyl groups is 1. The second kappa shape index (κ2) is 4.14. The number of likely N-dealkylation sites (tertiary alicyclic amines) is 1. The van der Waals surface area contributed by atoms with E-state index >= 15 is 0 Å². The Balaban J connectivity index is 1.96. The summed E-state index contributed by atoms with van der Waals surface area (Å²) in [6.07, 6.45) is 3.17. The second-order valence-corrected chi connectivity index (χ2v) is 4.47. The normalized spacial score (nSPS) is 35.6. The summed E-state index contributed by atoms with van der Waals surface area (Å²) in [4.78, 5) is 2.37. The van der Waals surface area contributed by atoms with Gasteiger partial charge >= 0.3 is 0 Å². The summed E-state index contributed by atoms with van der Waals surface area (Å²) in [5.41, 5.74) is 5.66. The minimum atomic E-state index is -0.384. The lowest BCUT2D eigenvalue weighted by molar-refractivity contribution is 0.0550. The van der Waals surface area contributed by atoms with Gasteiger partial charge in [-0.2, -0.15) is 0 Å². The van der Waals surface area contributed by atoms with Gasteiger partial charge in [0.05, 0.1) is 12.7 Å². The van der Waals surface area contributed by atoms with Gasteiger partial charge in [-0.15, -0.1) is 0 Å². The van der Waals surface area contributed by atoms with Crippen molar-refractivity contribution in [2.75, 3.05) is 32.8 Å². The maximum Gasteiger partial charge on any atom is 0.0789 e. The van der Waals surface area contributed by atoms with Crippen molar-refractivity contribution in [3.05, 3.63) is 0 Å². The highest BCUT2D eigenvalue weighted by molar-refractivity contribution is 4.99. The fourth-order valence-electron chi connectivity index (χ4n) is 2.65. The number of rotatable bonds is 3. The lowest BCUT2D eigenvalue weighted by Crippen LogP contribution is -2.48. The standard InChI is InChI=1S/C10H20N2O2/c11-6-9(13)7-12-4-1-2-10(12)3-5-14-8-10/h9,13H,1-8,11H2/t9-,10?/m1/s1. The van der Waals surface area contributed by atoms with E-state index < -0.39 is 0 Å². The van der Waals surface area contributed by atoms with Gasteiger partial charge in [0.15, 0.2) is 0 Å². The molecule has 2 saturated heterocycles. The topological polar surface area (TPSA) is 58.7 Å². The van der Waals surface area contributed by atoms with Crippen molar-refractivity contribution in [1.82, 2.24) is 4.90 Å². The molecule has 2 heterocycles. The quantitative estimate of drug-likeness (QED) is 0.648. The number of hydrogen-bond acceptors (Lipinski definition) is 4.